The number of anilines is 1. The van der Waals surface area contributed by atoms with Gasteiger partial charge in [0.25, 0.3) is 0 Å². The summed E-state index contributed by atoms with van der Waals surface area (Å²) in [5, 5.41) is 10.8. The summed E-state index contributed by atoms with van der Waals surface area (Å²) in [5.41, 5.74) is 0. The van der Waals surface area contributed by atoms with Gasteiger partial charge < -0.3 is 16.0 Å². The second-order valence-corrected chi connectivity index (χ2v) is 5.43. The van der Waals surface area contributed by atoms with Crippen LogP contribution in [0.15, 0.2) is 17.3 Å². The molecule has 0 radical (unpaired) electrons. The molecule has 5 nitrogen and oxygen atoms in total. The van der Waals surface area contributed by atoms with Crippen LogP contribution in [-0.2, 0) is 0 Å². The van der Waals surface area contributed by atoms with E-state index in [1.165, 1.54) is 12.8 Å². The number of rotatable bonds is 6. The van der Waals surface area contributed by atoms with Gasteiger partial charge in [-0.2, -0.15) is 0 Å². The lowest BCUT2D eigenvalue weighted by Gasteiger charge is -2.10. The summed E-state index contributed by atoms with van der Waals surface area (Å²) < 4.78 is 0. The molecule has 0 unspecified atom stereocenters. The molecule has 1 saturated carbocycles. The Kier molecular flexibility index (Phi) is 8.43. The molecule has 1 aliphatic carbocycles. The molecule has 0 atom stereocenters. The van der Waals surface area contributed by atoms with Crippen LogP contribution in [0.3, 0.4) is 0 Å². The third-order valence-electron chi connectivity index (χ3n) is 2.74. The van der Waals surface area contributed by atoms with E-state index >= 15 is 0 Å². The van der Waals surface area contributed by atoms with Gasteiger partial charge in [-0.15, -0.1) is 24.0 Å². The Morgan fingerprint density at radius 2 is 2.19 bits per heavy atom. The first-order chi connectivity index (χ1) is 9.69. The van der Waals surface area contributed by atoms with Crippen molar-refractivity contribution in [3.05, 3.63) is 22.3 Å². The van der Waals surface area contributed by atoms with Gasteiger partial charge in [-0.05, 0) is 25.8 Å². The minimum atomic E-state index is 0. The van der Waals surface area contributed by atoms with E-state index in [9.17, 15) is 0 Å². The highest BCUT2D eigenvalue weighted by Gasteiger charge is 2.21. The molecule has 118 valence electrons. The number of hydrogen-bond donors (Lipinski definition) is 3. The van der Waals surface area contributed by atoms with Crippen LogP contribution in [0.4, 0.5) is 5.82 Å². The van der Waals surface area contributed by atoms with Crippen molar-refractivity contribution in [3.8, 4) is 0 Å². The average Bonchev–Trinajstić information content (AvgIpc) is 3.20. The first kappa shape index (κ1) is 18.6. The van der Waals surface area contributed by atoms with E-state index in [0.717, 1.165) is 12.5 Å². The number of nitrogens with zero attached hydrogens (tertiary/aromatic N) is 2. The molecule has 1 fully saturated rings. The van der Waals surface area contributed by atoms with Crippen molar-refractivity contribution in [2.24, 2.45) is 4.99 Å². The summed E-state index contributed by atoms with van der Waals surface area (Å²) >= 11 is 11.8. The Bertz CT molecular complexity index is 480. The molecule has 3 N–H and O–H groups in total. The molecule has 0 saturated heterocycles. The van der Waals surface area contributed by atoms with Crippen molar-refractivity contribution in [1.82, 2.24) is 15.6 Å². The quantitative estimate of drug-likeness (QED) is 0.273. The number of aliphatic imine (C=N–C) groups is 1. The fourth-order valence-corrected chi connectivity index (χ4v) is 2.07. The topological polar surface area (TPSA) is 61.3 Å². The summed E-state index contributed by atoms with van der Waals surface area (Å²) in [7, 11) is 0. The van der Waals surface area contributed by atoms with Crippen molar-refractivity contribution < 1.29 is 0 Å². The van der Waals surface area contributed by atoms with E-state index in [1.807, 2.05) is 0 Å². The van der Waals surface area contributed by atoms with Gasteiger partial charge in [0, 0.05) is 25.3 Å². The van der Waals surface area contributed by atoms with E-state index in [-0.39, 0.29) is 24.0 Å². The van der Waals surface area contributed by atoms with Gasteiger partial charge in [-0.25, -0.2) is 4.98 Å². The summed E-state index contributed by atoms with van der Waals surface area (Å²) in [6.45, 7) is 4.22. The van der Waals surface area contributed by atoms with Crippen molar-refractivity contribution in [3.63, 3.8) is 0 Å². The predicted molar refractivity (Wildman–Crippen MR) is 100 cm³/mol. The Labute approximate surface area is 152 Å². The maximum absolute atomic E-state index is 6.03. The maximum atomic E-state index is 6.03. The fourth-order valence-electron chi connectivity index (χ4n) is 1.63. The summed E-state index contributed by atoms with van der Waals surface area (Å²) in [4.78, 5) is 8.63. The lowest BCUT2D eigenvalue weighted by Crippen LogP contribution is -2.38. The molecule has 8 heteroatoms. The molecule has 1 aliphatic rings. The van der Waals surface area contributed by atoms with E-state index in [2.05, 4.69) is 32.9 Å². The van der Waals surface area contributed by atoms with Gasteiger partial charge in [0.1, 0.15) is 5.82 Å². The number of nitrogens with one attached hydrogen (secondary N) is 3. The van der Waals surface area contributed by atoms with Gasteiger partial charge in [-0.3, -0.25) is 4.99 Å². The molecular formula is C13H20Cl2IN5. The molecule has 0 aliphatic heterocycles. The monoisotopic (exact) mass is 443 g/mol. The molecule has 1 aromatic heterocycles. The summed E-state index contributed by atoms with van der Waals surface area (Å²) in [6, 6.07) is 2.26. The van der Waals surface area contributed by atoms with E-state index < -0.39 is 0 Å². The smallest absolute Gasteiger partial charge is 0.191 e. The van der Waals surface area contributed by atoms with E-state index in [4.69, 9.17) is 23.2 Å². The van der Waals surface area contributed by atoms with Crippen molar-refractivity contribution in [2.45, 2.75) is 25.8 Å². The number of aromatic nitrogens is 1. The first-order valence-corrected chi connectivity index (χ1v) is 7.54. The molecular weight excluding hydrogens is 424 g/mol. The minimum absolute atomic E-state index is 0. The van der Waals surface area contributed by atoms with Crippen LogP contribution >= 0.6 is 47.2 Å². The second-order valence-electron chi connectivity index (χ2n) is 4.59. The zero-order valence-corrected chi connectivity index (χ0v) is 15.7. The highest BCUT2D eigenvalue weighted by atomic mass is 127. The van der Waals surface area contributed by atoms with Gasteiger partial charge in [-0.1, -0.05) is 23.2 Å². The largest absolute Gasteiger partial charge is 0.367 e. The fraction of sp³-hybridized carbons (Fsp3) is 0.538. The Morgan fingerprint density at radius 3 is 2.81 bits per heavy atom. The van der Waals surface area contributed by atoms with Crippen molar-refractivity contribution in [2.75, 3.05) is 25.0 Å². The highest BCUT2D eigenvalue weighted by Crippen LogP contribution is 2.22. The maximum Gasteiger partial charge on any atom is 0.191 e. The molecule has 0 spiro atoms. The highest BCUT2D eigenvalue weighted by molar-refractivity contribution is 14.0. The van der Waals surface area contributed by atoms with Crippen LogP contribution in [0.5, 0.6) is 0 Å². The van der Waals surface area contributed by atoms with Crippen LogP contribution in [-0.4, -0.2) is 36.6 Å². The third-order valence-corrected chi connectivity index (χ3v) is 3.24. The zero-order chi connectivity index (χ0) is 14.4. The van der Waals surface area contributed by atoms with E-state index in [1.54, 1.807) is 12.3 Å². The molecule has 0 bridgehead atoms. The SMILES string of the molecule is CCNC(=NCCNc1ncc(Cl)cc1Cl)NC1CC1.I. The molecule has 0 aromatic carbocycles. The Morgan fingerprint density at radius 1 is 1.43 bits per heavy atom. The van der Waals surface area contributed by atoms with Gasteiger partial charge >= 0.3 is 0 Å². The summed E-state index contributed by atoms with van der Waals surface area (Å²) in [6.07, 6.45) is 4.03. The Balaban J connectivity index is 0.00000220. The minimum Gasteiger partial charge on any atom is -0.367 e. The van der Waals surface area contributed by atoms with Gasteiger partial charge in [0.2, 0.25) is 0 Å². The molecule has 21 heavy (non-hydrogen) atoms. The Hall–Kier alpha value is -0.470. The number of pyridine rings is 1. The van der Waals surface area contributed by atoms with Gasteiger partial charge in [0.15, 0.2) is 5.96 Å². The van der Waals surface area contributed by atoms with E-state index in [0.29, 0.717) is 35.0 Å². The molecule has 1 aromatic rings. The lowest BCUT2D eigenvalue weighted by atomic mass is 10.4. The van der Waals surface area contributed by atoms with Gasteiger partial charge in [0.05, 0.1) is 16.6 Å². The van der Waals surface area contributed by atoms with Crippen LogP contribution in [0.1, 0.15) is 19.8 Å². The average molecular weight is 444 g/mol. The number of hydrogen-bond acceptors (Lipinski definition) is 3. The lowest BCUT2D eigenvalue weighted by molar-refractivity contribution is 0.813. The summed E-state index contributed by atoms with van der Waals surface area (Å²) in [5.74, 6) is 1.50. The van der Waals surface area contributed by atoms with Crippen molar-refractivity contribution in [1.29, 1.82) is 0 Å². The molecule has 1 heterocycles. The predicted octanol–water partition coefficient (Wildman–Crippen LogP) is 3.14. The number of halogens is 3. The third kappa shape index (κ3) is 6.88. The van der Waals surface area contributed by atoms with Crippen molar-refractivity contribution >= 4 is 59.0 Å². The molecule has 0 amide bonds. The first-order valence-electron chi connectivity index (χ1n) is 6.79. The standard InChI is InChI=1S/C13H19Cl2N5.HI/c1-2-16-13(20-10-3-4-10)18-6-5-17-12-11(15)7-9(14)8-19-12;/h7-8,10H,2-6H2,1H3,(H,17,19)(H2,16,18,20);1H. The van der Waals surface area contributed by atoms with Crippen LogP contribution in [0.25, 0.3) is 0 Å². The molecule has 2 rings (SSSR count). The van der Waals surface area contributed by atoms with Crippen LogP contribution < -0.4 is 16.0 Å². The second kappa shape index (κ2) is 9.53. The van der Waals surface area contributed by atoms with Crippen LogP contribution in [0, 0.1) is 0 Å². The van der Waals surface area contributed by atoms with Crippen LogP contribution in [0.2, 0.25) is 10.0 Å². The normalized spacial score (nSPS) is 14.3. The number of guanidine groups is 1. The zero-order valence-electron chi connectivity index (χ0n) is 11.8.